The summed E-state index contributed by atoms with van der Waals surface area (Å²) < 4.78 is 0. The molecule has 1 fully saturated rings. The van der Waals surface area contributed by atoms with E-state index in [4.69, 9.17) is 0 Å². The Hall–Kier alpha value is -1.06. The second kappa shape index (κ2) is 6.80. The van der Waals surface area contributed by atoms with Crippen LogP contribution in [0.3, 0.4) is 0 Å². The van der Waals surface area contributed by atoms with Crippen molar-refractivity contribution in [2.75, 3.05) is 29.5 Å². The molecule has 3 heteroatoms. The van der Waals surface area contributed by atoms with Crippen LogP contribution in [-0.4, -0.2) is 24.6 Å². The highest BCUT2D eigenvalue weighted by Gasteiger charge is 2.15. The topological polar surface area (TPSA) is 3.24 Å². The maximum Gasteiger partial charge on any atom is 0.0508 e. The summed E-state index contributed by atoms with van der Waals surface area (Å²) in [7, 11) is 0. The second-order valence-electron chi connectivity index (χ2n) is 5.44. The molecule has 0 bridgehead atoms. The normalized spacial score (nSPS) is 15.2. The summed E-state index contributed by atoms with van der Waals surface area (Å²) in [6, 6.07) is 15.5. The van der Waals surface area contributed by atoms with Gasteiger partial charge in [0.05, 0.1) is 5.69 Å². The summed E-state index contributed by atoms with van der Waals surface area (Å²) in [5.41, 5.74) is 4.09. The average Bonchev–Trinajstić information content (AvgIpc) is 2.51. The molecular weight excluding hydrogens is 294 g/mol. The number of anilines is 1. The fourth-order valence-electron chi connectivity index (χ4n) is 2.64. The molecule has 1 aliphatic heterocycles. The van der Waals surface area contributed by atoms with Gasteiger partial charge in [-0.05, 0) is 37.6 Å². The second-order valence-corrected chi connectivity index (χ2v) is 7.75. The largest absolute Gasteiger partial charge is 0.369 e. The first-order valence-electron chi connectivity index (χ1n) is 7.41. The van der Waals surface area contributed by atoms with Gasteiger partial charge in [-0.25, -0.2) is 0 Å². The Bertz CT molecular complexity index is 618. The molecule has 110 valence electrons. The van der Waals surface area contributed by atoms with Crippen LogP contribution in [0.15, 0.2) is 52.3 Å². The van der Waals surface area contributed by atoms with Gasteiger partial charge in [0.2, 0.25) is 0 Å². The third-order valence-corrected chi connectivity index (χ3v) is 5.95. The molecule has 0 spiro atoms. The average molecular weight is 316 g/mol. The minimum Gasteiger partial charge on any atom is -0.369 e. The molecule has 0 radical (unpaired) electrons. The van der Waals surface area contributed by atoms with Gasteiger partial charge < -0.3 is 4.90 Å². The molecule has 0 saturated carbocycles. The molecule has 21 heavy (non-hydrogen) atoms. The van der Waals surface area contributed by atoms with Crippen LogP contribution in [0.25, 0.3) is 0 Å². The molecule has 2 aromatic carbocycles. The number of rotatable bonds is 3. The van der Waals surface area contributed by atoms with E-state index < -0.39 is 0 Å². The van der Waals surface area contributed by atoms with Gasteiger partial charge in [-0.3, -0.25) is 0 Å². The number of nitrogens with zero attached hydrogens (tertiary/aromatic N) is 1. The number of hydrogen-bond acceptors (Lipinski definition) is 3. The van der Waals surface area contributed by atoms with Crippen LogP contribution in [0, 0.1) is 13.8 Å². The molecule has 0 atom stereocenters. The minimum atomic E-state index is 1.16. The highest BCUT2D eigenvalue weighted by atomic mass is 32.2. The summed E-state index contributed by atoms with van der Waals surface area (Å²) in [5, 5.41) is 0. The van der Waals surface area contributed by atoms with E-state index in [1.165, 1.54) is 38.1 Å². The minimum absolute atomic E-state index is 1.16. The zero-order valence-electron chi connectivity index (χ0n) is 12.6. The van der Waals surface area contributed by atoms with Crippen molar-refractivity contribution in [3.63, 3.8) is 0 Å². The van der Waals surface area contributed by atoms with Crippen molar-refractivity contribution in [2.45, 2.75) is 23.6 Å². The zero-order chi connectivity index (χ0) is 14.7. The molecule has 1 nitrogen and oxygen atoms in total. The zero-order valence-corrected chi connectivity index (χ0v) is 14.3. The van der Waals surface area contributed by atoms with Crippen LogP contribution in [0.2, 0.25) is 0 Å². The Kier molecular flexibility index (Phi) is 4.81. The fraction of sp³-hybridized carbons (Fsp3) is 0.333. The number of hydrogen-bond donors (Lipinski definition) is 0. The first-order chi connectivity index (χ1) is 10.2. The van der Waals surface area contributed by atoms with Crippen molar-refractivity contribution >= 4 is 29.2 Å². The monoisotopic (exact) mass is 315 g/mol. The van der Waals surface area contributed by atoms with Gasteiger partial charge in [0, 0.05) is 34.4 Å². The molecule has 0 amide bonds. The van der Waals surface area contributed by atoms with Gasteiger partial charge >= 0.3 is 0 Å². The van der Waals surface area contributed by atoms with Gasteiger partial charge in [-0.1, -0.05) is 41.6 Å². The Labute approximate surface area is 136 Å². The standard InChI is InChI=1S/C18H21NS2/c1-14-7-8-17(15(2)13-14)21-18-6-4-3-5-16(18)19-9-11-20-12-10-19/h3-8,13H,9-12H2,1-2H3. The summed E-state index contributed by atoms with van der Waals surface area (Å²) in [5.74, 6) is 2.48. The highest BCUT2D eigenvalue weighted by molar-refractivity contribution is 7.99. The summed E-state index contributed by atoms with van der Waals surface area (Å²) in [4.78, 5) is 5.26. The molecule has 2 aromatic rings. The Morgan fingerprint density at radius 3 is 2.48 bits per heavy atom. The van der Waals surface area contributed by atoms with Crippen molar-refractivity contribution in [3.05, 3.63) is 53.6 Å². The predicted octanol–water partition coefficient (Wildman–Crippen LogP) is 5.01. The van der Waals surface area contributed by atoms with Gasteiger partial charge in [-0.15, -0.1) is 0 Å². The fourth-order valence-corrected chi connectivity index (χ4v) is 4.59. The van der Waals surface area contributed by atoms with E-state index in [0.29, 0.717) is 0 Å². The Balaban J connectivity index is 1.88. The molecule has 0 aromatic heterocycles. The van der Waals surface area contributed by atoms with Crippen LogP contribution in [-0.2, 0) is 0 Å². The quantitative estimate of drug-likeness (QED) is 0.784. The van der Waals surface area contributed by atoms with Gasteiger partial charge in [-0.2, -0.15) is 11.8 Å². The predicted molar refractivity (Wildman–Crippen MR) is 96.0 cm³/mol. The van der Waals surface area contributed by atoms with E-state index in [0.717, 1.165) is 13.1 Å². The summed E-state index contributed by atoms with van der Waals surface area (Å²) in [6.07, 6.45) is 0. The van der Waals surface area contributed by atoms with Crippen molar-refractivity contribution in [3.8, 4) is 0 Å². The lowest BCUT2D eigenvalue weighted by atomic mass is 10.2. The maximum atomic E-state index is 2.53. The molecule has 1 heterocycles. The lowest BCUT2D eigenvalue weighted by Gasteiger charge is -2.30. The van der Waals surface area contributed by atoms with Crippen LogP contribution < -0.4 is 4.90 Å². The van der Waals surface area contributed by atoms with Crippen molar-refractivity contribution in [1.82, 2.24) is 0 Å². The smallest absolute Gasteiger partial charge is 0.0508 e. The lowest BCUT2D eigenvalue weighted by Crippen LogP contribution is -2.32. The summed E-state index contributed by atoms with van der Waals surface area (Å²) in [6.45, 7) is 6.68. The van der Waals surface area contributed by atoms with Crippen molar-refractivity contribution < 1.29 is 0 Å². The SMILES string of the molecule is Cc1ccc(Sc2ccccc2N2CCSCC2)c(C)c1. The first kappa shape index (κ1) is 14.9. The van der Waals surface area contributed by atoms with E-state index in [2.05, 4.69) is 73.0 Å². The molecule has 0 N–H and O–H groups in total. The Morgan fingerprint density at radius 2 is 1.71 bits per heavy atom. The van der Waals surface area contributed by atoms with Gasteiger partial charge in [0.25, 0.3) is 0 Å². The number of para-hydroxylation sites is 1. The van der Waals surface area contributed by atoms with Gasteiger partial charge in [0.1, 0.15) is 0 Å². The van der Waals surface area contributed by atoms with E-state index in [9.17, 15) is 0 Å². The van der Waals surface area contributed by atoms with Crippen LogP contribution in [0.5, 0.6) is 0 Å². The highest BCUT2D eigenvalue weighted by Crippen LogP contribution is 2.37. The molecule has 1 saturated heterocycles. The van der Waals surface area contributed by atoms with Crippen LogP contribution in [0.4, 0.5) is 5.69 Å². The number of aryl methyl sites for hydroxylation is 2. The van der Waals surface area contributed by atoms with Crippen LogP contribution in [0.1, 0.15) is 11.1 Å². The molecular formula is C18H21NS2. The van der Waals surface area contributed by atoms with Crippen molar-refractivity contribution in [2.24, 2.45) is 0 Å². The van der Waals surface area contributed by atoms with E-state index >= 15 is 0 Å². The van der Waals surface area contributed by atoms with Crippen LogP contribution >= 0.6 is 23.5 Å². The number of thioether (sulfide) groups is 1. The molecule has 0 unspecified atom stereocenters. The third kappa shape index (κ3) is 3.58. The summed E-state index contributed by atoms with van der Waals surface area (Å²) >= 11 is 3.95. The van der Waals surface area contributed by atoms with Gasteiger partial charge in [0.15, 0.2) is 0 Å². The van der Waals surface area contributed by atoms with Crippen molar-refractivity contribution in [1.29, 1.82) is 0 Å². The molecule has 3 rings (SSSR count). The number of benzene rings is 2. The first-order valence-corrected chi connectivity index (χ1v) is 9.38. The van der Waals surface area contributed by atoms with E-state index in [1.807, 2.05) is 11.8 Å². The lowest BCUT2D eigenvalue weighted by molar-refractivity contribution is 0.848. The molecule has 1 aliphatic rings. The maximum absolute atomic E-state index is 2.53. The Morgan fingerprint density at radius 1 is 0.952 bits per heavy atom. The third-order valence-electron chi connectivity index (χ3n) is 3.77. The van der Waals surface area contributed by atoms with E-state index in [1.54, 1.807) is 0 Å². The molecule has 0 aliphatic carbocycles. The van der Waals surface area contributed by atoms with E-state index in [-0.39, 0.29) is 0 Å².